The highest BCUT2D eigenvalue weighted by Gasteiger charge is 2.18. The quantitative estimate of drug-likeness (QED) is 0.352. The van der Waals surface area contributed by atoms with E-state index in [1.165, 1.54) is 16.5 Å². The molecule has 3 aromatic carbocycles. The van der Waals surface area contributed by atoms with E-state index in [1.54, 1.807) is 36.4 Å². The van der Waals surface area contributed by atoms with E-state index in [1.807, 2.05) is 18.2 Å². The van der Waals surface area contributed by atoms with Crippen LogP contribution >= 0.6 is 0 Å². The average Bonchev–Trinajstić information content (AvgIpc) is 2.73. The molecule has 0 saturated heterocycles. The number of ketones is 1. The number of nitrogens with zero attached hydrogens (tertiary/aromatic N) is 1. The third-order valence-corrected chi connectivity index (χ3v) is 4.56. The van der Waals surface area contributed by atoms with Gasteiger partial charge in [0.05, 0.1) is 19.0 Å². The van der Waals surface area contributed by atoms with Crippen molar-refractivity contribution in [1.82, 2.24) is 0 Å². The van der Waals surface area contributed by atoms with Gasteiger partial charge in [-0.15, -0.1) is 0 Å². The number of nitrogens with one attached hydrogen (secondary N) is 2. The molecule has 0 saturated carbocycles. The zero-order valence-electron chi connectivity index (χ0n) is 16.5. The Kier molecular flexibility index (Phi) is 6.36. The summed E-state index contributed by atoms with van der Waals surface area (Å²) in [5.74, 6) is -0.237. The second-order valence-corrected chi connectivity index (χ2v) is 7.24. The highest BCUT2D eigenvalue weighted by molar-refractivity contribution is 6.09. The summed E-state index contributed by atoms with van der Waals surface area (Å²) >= 11 is 0. The van der Waals surface area contributed by atoms with Gasteiger partial charge in [-0.3, -0.25) is 14.9 Å². The molecule has 0 spiro atoms. The molecule has 0 bridgehead atoms. The SMILES string of the molecule is C[NH+](C)Cc1ccc(CNc2ccc(C(=O)c3ccccc3)cc2[N+](=O)[O-])cc1. The van der Waals surface area contributed by atoms with Crippen molar-refractivity contribution in [1.29, 1.82) is 0 Å². The summed E-state index contributed by atoms with van der Waals surface area (Å²) in [4.78, 5) is 25.0. The molecule has 0 unspecified atom stereocenters. The normalized spacial score (nSPS) is 10.7. The summed E-state index contributed by atoms with van der Waals surface area (Å²) in [5.41, 5.74) is 3.34. The number of carbonyl (C=O) groups is 1. The van der Waals surface area contributed by atoms with Gasteiger partial charge in [-0.2, -0.15) is 0 Å². The maximum absolute atomic E-state index is 12.6. The average molecular weight is 390 g/mol. The van der Waals surface area contributed by atoms with Crippen molar-refractivity contribution < 1.29 is 14.6 Å². The van der Waals surface area contributed by atoms with E-state index < -0.39 is 4.92 Å². The number of nitro benzene ring substituents is 1. The first-order valence-electron chi connectivity index (χ1n) is 9.43. The standard InChI is InChI=1S/C23H23N3O3/c1-25(2)16-18-10-8-17(9-11-18)15-24-21-13-12-20(14-22(21)26(28)29)23(27)19-6-4-3-5-7-19/h3-14,24H,15-16H2,1-2H3/p+1. The molecule has 6 nitrogen and oxygen atoms in total. The minimum Gasteiger partial charge on any atom is -0.375 e. The minimum absolute atomic E-state index is 0.111. The summed E-state index contributed by atoms with van der Waals surface area (Å²) < 4.78 is 0. The molecular formula is C23H24N3O3+. The first kappa shape index (κ1) is 20.2. The van der Waals surface area contributed by atoms with Crippen LogP contribution in [-0.4, -0.2) is 24.8 Å². The van der Waals surface area contributed by atoms with Crippen molar-refractivity contribution >= 4 is 17.2 Å². The van der Waals surface area contributed by atoms with E-state index in [0.717, 1.165) is 12.1 Å². The van der Waals surface area contributed by atoms with Crippen molar-refractivity contribution in [3.63, 3.8) is 0 Å². The molecule has 0 amide bonds. The Balaban J connectivity index is 1.75. The second kappa shape index (κ2) is 9.12. The van der Waals surface area contributed by atoms with Crippen molar-refractivity contribution in [2.24, 2.45) is 0 Å². The predicted molar refractivity (Wildman–Crippen MR) is 113 cm³/mol. The van der Waals surface area contributed by atoms with Crippen LogP contribution in [0.1, 0.15) is 27.0 Å². The molecule has 0 heterocycles. The maximum atomic E-state index is 12.6. The lowest BCUT2D eigenvalue weighted by atomic mass is 10.0. The van der Waals surface area contributed by atoms with Crippen LogP contribution in [0.15, 0.2) is 72.8 Å². The number of nitro groups is 1. The van der Waals surface area contributed by atoms with Crippen LogP contribution in [0.4, 0.5) is 11.4 Å². The molecule has 0 aliphatic heterocycles. The minimum atomic E-state index is -0.465. The van der Waals surface area contributed by atoms with Crippen LogP contribution in [0.5, 0.6) is 0 Å². The summed E-state index contributed by atoms with van der Waals surface area (Å²) in [6.45, 7) is 1.40. The Labute approximate surface area is 169 Å². The smallest absolute Gasteiger partial charge is 0.293 e. The Hall–Kier alpha value is -3.51. The van der Waals surface area contributed by atoms with Crippen molar-refractivity contribution in [3.05, 3.63) is 105 Å². The summed E-state index contributed by atoms with van der Waals surface area (Å²) in [6, 6.07) is 21.5. The first-order chi connectivity index (χ1) is 13.9. The van der Waals surface area contributed by atoms with Crippen LogP contribution in [0.2, 0.25) is 0 Å². The topological polar surface area (TPSA) is 76.7 Å². The molecule has 0 aromatic heterocycles. The highest BCUT2D eigenvalue weighted by atomic mass is 16.6. The molecule has 0 aliphatic carbocycles. The molecule has 148 valence electrons. The Bertz CT molecular complexity index is 1000. The van der Waals surface area contributed by atoms with Crippen LogP contribution < -0.4 is 10.2 Å². The van der Waals surface area contributed by atoms with Gasteiger partial charge in [0.15, 0.2) is 5.78 Å². The number of carbonyl (C=O) groups excluding carboxylic acids is 1. The summed E-state index contributed by atoms with van der Waals surface area (Å²) in [7, 11) is 4.20. The van der Waals surface area contributed by atoms with E-state index in [0.29, 0.717) is 23.4 Å². The van der Waals surface area contributed by atoms with Crippen molar-refractivity contribution in [2.75, 3.05) is 19.4 Å². The van der Waals surface area contributed by atoms with Crippen molar-refractivity contribution in [3.8, 4) is 0 Å². The van der Waals surface area contributed by atoms with E-state index in [2.05, 4.69) is 31.5 Å². The molecule has 0 fully saturated rings. The largest absolute Gasteiger partial charge is 0.375 e. The van der Waals surface area contributed by atoms with Gasteiger partial charge in [0.2, 0.25) is 0 Å². The molecule has 0 aliphatic rings. The number of hydrogen-bond acceptors (Lipinski definition) is 4. The first-order valence-corrected chi connectivity index (χ1v) is 9.43. The monoisotopic (exact) mass is 390 g/mol. The third-order valence-electron chi connectivity index (χ3n) is 4.56. The maximum Gasteiger partial charge on any atom is 0.293 e. The van der Waals surface area contributed by atoms with Crippen LogP contribution in [0.3, 0.4) is 0 Å². The highest BCUT2D eigenvalue weighted by Crippen LogP contribution is 2.27. The lowest BCUT2D eigenvalue weighted by Crippen LogP contribution is -3.04. The van der Waals surface area contributed by atoms with Crippen molar-refractivity contribution in [2.45, 2.75) is 13.1 Å². The van der Waals surface area contributed by atoms with Gasteiger partial charge in [-0.05, 0) is 17.7 Å². The van der Waals surface area contributed by atoms with E-state index >= 15 is 0 Å². The molecule has 0 radical (unpaired) electrons. The third kappa shape index (κ3) is 5.27. The van der Waals surface area contributed by atoms with Crippen LogP contribution in [-0.2, 0) is 13.1 Å². The van der Waals surface area contributed by atoms with E-state index in [-0.39, 0.29) is 11.5 Å². The van der Waals surface area contributed by atoms with Gasteiger partial charge in [-0.1, -0.05) is 54.6 Å². The Morgan fingerprint density at radius 1 is 0.931 bits per heavy atom. The Morgan fingerprint density at radius 3 is 2.21 bits per heavy atom. The number of rotatable bonds is 8. The van der Waals surface area contributed by atoms with Gasteiger partial charge < -0.3 is 10.2 Å². The number of quaternary nitrogens is 1. The number of benzene rings is 3. The van der Waals surface area contributed by atoms with Gasteiger partial charge >= 0.3 is 0 Å². The fourth-order valence-electron chi connectivity index (χ4n) is 3.11. The molecule has 2 N–H and O–H groups in total. The van der Waals surface area contributed by atoms with Crippen LogP contribution in [0, 0.1) is 10.1 Å². The predicted octanol–water partition coefficient (Wildman–Crippen LogP) is 3.08. The summed E-state index contributed by atoms with van der Waals surface area (Å²) in [5, 5.41) is 14.7. The molecule has 3 aromatic rings. The fourth-order valence-corrected chi connectivity index (χ4v) is 3.11. The lowest BCUT2D eigenvalue weighted by molar-refractivity contribution is -0.872. The lowest BCUT2D eigenvalue weighted by Gasteiger charge is -2.10. The van der Waals surface area contributed by atoms with Gasteiger partial charge in [0.1, 0.15) is 12.2 Å². The zero-order chi connectivity index (χ0) is 20.8. The second-order valence-electron chi connectivity index (χ2n) is 7.24. The molecule has 3 rings (SSSR count). The van der Waals surface area contributed by atoms with E-state index in [4.69, 9.17) is 0 Å². The molecule has 29 heavy (non-hydrogen) atoms. The zero-order valence-corrected chi connectivity index (χ0v) is 16.5. The van der Waals surface area contributed by atoms with Gasteiger partial charge in [0.25, 0.3) is 5.69 Å². The Morgan fingerprint density at radius 2 is 1.59 bits per heavy atom. The molecule has 0 atom stereocenters. The fraction of sp³-hybridized carbons (Fsp3) is 0.174. The van der Waals surface area contributed by atoms with Gasteiger partial charge in [0, 0.05) is 29.3 Å². The summed E-state index contributed by atoms with van der Waals surface area (Å²) in [6.07, 6.45) is 0. The van der Waals surface area contributed by atoms with Gasteiger partial charge in [-0.25, -0.2) is 0 Å². The number of anilines is 1. The molecule has 6 heteroatoms. The number of hydrogen-bond donors (Lipinski definition) is 2. The molecular weight excluding hydrogens is 366 g/mol. The van der Waals surface area contributed by atoms with Crippen LogP contribution in [0.25, 0.3) is 0 Å². The van der Waals surface area contributed by atoms with E-state index in [9.17, 15) is 14.9 Å².